The zero-order valence-electron chi connectivity index (χ0n) is 10.2. The number of aliphatic carboxylic acids is 1. The molecule has 0 amide bonds. The van der Waals surface area contributed by atoms with E-state index in [9.17, 15) is 9.59 Å². The van der Waals surface area contributed by atoms with Crippen LogP contribution in [0.15, 0.2) is 0 Å². The molecule has 0 aromatic rings. The van der Waals surface area contributed by atoms with Gasteiger partial charge in [0.1, 0.15) is 11.8 Å². The summed E-state index contributed by atoms with van der Waals surface area (Å²) in [4.78, 5) is 24.0. The van der Waals surface area contributed by atoms with Gasteiger partial charge in [-0.15, -0.1) is 0 Å². The lowest BCUT2D eigenvalue weighted by atomic mass is 10.1. The third-order valence-electron chi connectivity index (χ3n) is 2.32. The molecular formula is C11H21NO3. The Morgan fingerprint density at radius 2 is 1.53 bits per heavy atom. The summed E-state index contributed by atoms with van der Waals surface area (Å²) < 4.78 is 0. The minimum absolute atomic E-state index is 0.0751. The van der Waals surface area contributed by atoms with E-state index < -0.39 is 12.0 Å². The second-order valence-electron chi connectivity index (χ2n) is 4.39. The van der Waals surface area contributed by atoms with E-state index in [1.165, 1.54) is 6.92 Å². The van der Waals surface area contributed by atoms with Crippen molar-refractivity contribution in [3.05, 3.63) is 0 Å². The zero-order valence-corrected chi connectivity index (χ0v) is 10.2. The molecule has 0 aliphatic heterocycles. The maximum Gasteiger partial charge on any atom is 0.321 e. The maximum atomic E-state index is 11.1. The third kappa shape index (κ3) is 4.42. The van der Waals surface area contributed by atoms with Crippen molar-refractivity contribution in [1.29, 1.82) is 0 Å². The van der Waals surface area contributed by atoms with Crippen LogP contribution < -0.4 is 0 Å². The van der Waals surface area contributed by atoms with Crippen LogP contribution in [0.1, 0.15) is 41.0 Å². The molecule has 0 rings (SSSR count). The molecule has 15 heavy (non-hydrogen) atoms. The Morgan fingerprint density at radius 3 is 1.73 bits per heavy atom. The van der Waals surface area contributed by atoms with Crippen molar-refractivity contribution in [3.63, 3.8) is 0 Å². The number of Topliss-reactive ketones (excluding diaryl/α,β-unsaturated/α-hetero) is 1. The molecule has 1 unspecified atom stereocenters. The van der Waals surface area contributed by atoms with Gasteiger partial charge >= 0.3 is 5.97 Å². The molecule has 0 saturated heterocycles. The first-order valence-corrected chi connectivity index (χ1v) is 5.27. The Balaban J connectivity index is 4.84. The number of nitrogens with zero attached hydrogens (tertiary/aromatic N) is 1. The van der Waals surface area contributed by atoms with Crippen molar-refractivity contribution in [1.82, 2.24) is 4.90 Å². The number of carboxylic acid groups (broad SMARTS) is 1. The summed E-state index contributed by atoms with van der Waals surface area (Å²) in [5.74, 6) is -1.01. The summed E-state index contributed by atoms with van der Waals surface area (Å²) in [5.41, 5.74) is 0. The lowest BCUT2D eigenvalue weighted by Crippen LogP contribution is -2.49. The van der Waals surface area contributed by atoms with Crippen LogP contribution in [0, 0.1) is 0 Å². The number of hydrogen-bond acceptors (Lipinski definition) is 3. The van der Waals surface area contributed by atoms with Crippen molar-refractivity contribution in [2.24, 2.45) is 0 Å². The van der Waals surface area contributed by atoms with Gasteiger partial charge in [0.15, 0.2) is 0 Å². The average molecular weight is 215 g/mol. The highest BCUT2D eigenvalue weighted by Crippen LogP contribution is 2.14. The van der Waals surface area contributed by atoms with Crippen molar-refractivity contribution in [2.75, 3.05) is 0 Å². The summed E-state index contributed by atoms with van der Waals surface area (Å²) in [6.45, 7) is 9.19. The molecule has 88 valence electrons. The lowest BCUT2D eigenvalue weighted by molar-refractivity contribution is -0.147. The van der Waals surface area contributed by atoms with Crippen molar-refractivity contribution < 1.29 is 14.7 Å². The van der Waals surface area contributed by atoms with Crippen LogP contribution in [0.5, 0.6) is 0 Å². The van der Waals surface area contributed by atoms with Crippen molar-refractivity contribution >= 4 is 11.8 Å². The second-order valence-corrected chi connectivity index (χ2v) is 4.39. The Morgan fingerprint density at radius 1 is 1.13 bits per heavy atom. The predicted octanol–water partition coefficient (Wildman–Crippen LogP) is 1.54. The van der Waals surface area contributed by atoms with E-state index in [0.717, 1.165) is 0 Å². The Bertz CT molecular complexity index is 228. The van der Waals surface area contributed by atoms with Crippen LogP contribution >= 0.6 is 0 Å². The van der Waals surface area contributed by atoms with Gasteiger partial charge in [0.25, 0.3) is 0 Å². The largest absolute Gasteiger partial charge is 0.480 e. The third-order valence-corrected chi connectivity index (χ3v) is 2.32. The molecule has 0 aromatic carbocycles. The molecule has 0 aliphatic rings. The molecule has 0 radical (unpaired) electrons. The quantitative estimate of drug-likeness (QED) is 0.730. The topological polar surface area (TPSA) is 57.6 Å². The highest BCUT2D eigenvalue weighted by atomic mass is 16.4. The second kappa shape index (κ2) is 5.85. The van der Waals surface area contributed by atoms with Crippen LogP contribution in [0.4, 0.5) is 0 Å². The molecule has 4 nitrogen and oxygen atoms in total. The number of rotatable bonds is 6. The predicted molar refractivity (Wildman–Crippen MR) is 58.8 cm³/mol. The van der Waals surface area contributed by atoms with E-state index in [1.54, 1.807) is 0 Å². The molecule has 0 bridgehead atoms. The molecule has 0 aromatic heterocycles. The average Bonchev–Trinajstić information content (AvgIpc) is 2.00. The van der Waals surface area contributed by atoms with Crippen LogP contribution in [0.3, 0.4) is 0 Å². The fraction of sp³-hybridized carbons (Fsp3) is 0.818. The molecule has 0 saturated carbocycles. The molecule has 0 heterocycles. The lowest BCUT2D eigenvalue weighted by Gasteiger charge is -2.35. The van der Waals surface area contributed by atoms with Gasteiger partial charge < -0.3 is 5.11 Å². The summed E-state index contributed by atoms with van der Waals surface area (Å²) in [6, 6.07) is -0.474. The first-order chi connectivity index (χ1) is 6.77. The summed E-state index contributed by atoms with van der Waals surface area (Å²) in [7, 11) is 0. The van der Waals surface area contributed by atoms with E-state index in [-0.39, 0.29) is 24.3 Å². The van der Waals surface area contributed by atoms with Crippen molar-refractivity contribution in [3.8, 4) is 0 Å². The Labute approximate surface area is 91.3 Å². The minimum Gasteiger partial charge on any atom is -0.480 e. The summed E-state index contributed by atoms with van der Waals surface area (Å²) in [5, 5.41) is 9.10. The number of hydrogen-bond donors (Lipinski definition) is 1. The Kier molecular flexibility index (Phi) is 5.50. The first kappa shape index (κ1) is 14.1. The van der Waals surface area contributed by atoms with E-state index in [1.807, 2.05) is 32.6 Å². The van der Waals surface area contributed by atoms with Gasteiger partial charge in [-0.05, 0) is 34.6 Å². The van der Waals surface area contributed by atoms with Gasteiger partial charge in [0, 0.05) is 18.5 Å². The zero-order chi connectivity index (χ0) is 12.2. The molecule has 0 fully saturated rings. The number of ketones is 1. The fourth-order valence-corrected chi connectivity index (χ4v) is 1.91. The van der Waals surface area contributed by atoms with E-state index in [4.69, 9.17) is 5.11 Å². The first-order valence-electron chi connectivity index (χ1n) is 5.27. The van der Waals surface area contributed by atoms with Gasteiger partial charge in [0.05, 0.1) is 0 Å². The number of carbonyl (C=O) groups is 2. The molecule has 0 aliphatic carbocycles. The normalized spacial score (nSPS) is 13.6. The van der Waals surface area contributed by atoms with Crippen LogP contribution in [-0.4, -0.2) is 39.9 Å². The molecule has 4 heteroatoms. The smallest absolute Gasteiger partial charge is 0.321 e. The summed E-state index contributed by atoms with van der Waals surface area (Å²) >= 11 is 0. The summed E-state index contributed by atoms with van der Waals surface area (Å²) in [6.07, 6.45) is 0.0751. The van der Waals surface area contributed by atoms with Gasteiger partial charge in [-0.2, -0.15) is 0 Å². The molecule has 1 atom stereocenters. The van der Waals surface area contributed by atoms with Crippen LogP contribution in [0.25, 0.3) is 0 Å². The monoisotopic (exact) mass is 215 g/mol. The van der Waals surface area contributed by atoms with E-state index in [0.29, 0.717) is 0 Å². The van der Waals surface area contributed by atoms with Crippen LogP contribution in [0.2, 0.25) is 0 Å². The number of carboxylic acids is 1. The fourth-order valence-electron chi connectivity index (χ4n) is 1.91. The van der Waals surface area contributed by atoms with Gasteiger partial charge in [0.2, 0.25) is 0 Å². The van der Waals surface area contributed by atoms with Crippen LogP contribution in [-0.2, 0) is 9.59 Å². The maximum absolute atomic E-state index is 11.1. The van der Waals surface area contributed by atoms with Gasteiger partial charge in [-0.1, -0.05) is 0 Å². The van der Waals surface area contributed by atoms with Gasteiger partial charge in [-0.3, -0.25) is 14.5 Å². The van der Waals surface area contributed by atoms with Crippen molar-refractivity contribution in [2.45, 2.75) is 59.2 Å². The van der Waals surface area contributed by atoms with E-state index in [2.05, 4.69) is 0 Å². The molecule has 0 spiro atoms. The molecule has 1 N–H and O–H groups in total. The minimum atomic E-state index is -0.924. The highest BCUT2D eigenvalue weighted by molar-refractivity contribution is 5.84. The standard InChI is InChI=1S/C11H21NO3/c1-7(2)12(8(3)4)10(11(14)15)6-9(5)13/h7-8,10H,6H2,1-5H3,(H,14,15). The van der Waals surface area contributed by atoms with Gasteiger partial charge in [-0.25, -0.2) is 0 Å². The molecular weight excluding hydrogens is 194 g/mol. The SMILES string of the molecule is CC(=O)CC(C(=O)O)N(C(C)C)C(C)C. The highest BCUT2D eigenvalue weighted by Gasteiger charge is 2.30. The van der Waals surface area contributed by atoms with E-state index >= 15 is 0 Å². The number of carbonyl (C=O) groups excluding carboxylic acids is 1. The Hall–Kier alpha value is -0.900.